The van der Waals surface area contributed by atoms with Crippen LogP contribution in [0.2, 0.25) is 0 Å². The van der Waals surface area contributed by atoms with Crippen molar-refractivity contribution in [3.8, 4) is 0 Å². The van der Waals surface area contributed by atoms with E-state index in [0.717, 1.165) is 30.4 Å². The first-order chi connectivity index (χ1) is 8.56. The molecule has 1 atom stereocenters. The highest BCUT2D eigenvalue weighted by Gasteiger charge is 2.24. The molecule has 0 spiro atoms. The molecule has 2 heterocycles. The molecule has 1 fully saturated rings. The van der Waals surface area contributed by atoms with Crippen molar-refractivity contribution in [2.45, 2.75) is 38.3 Å². The van der Waals surface area contributed by atoms with Crippen molar-refractivity contribution in [2.24, 2.45) is 5.73 Å². The van der Waals surface area contributed by atoms with Crippen LogP contribution >= 0.6 is 28.3 Å². The van der Waals surface area contributed by atoms with Gasteiger partial charge in [-0.25, -0.2) is 0 Å². The highest BCUT2D eigenvalue weighted by atomic mass is 79.9. The van der Waals surface area contributed by atoms with Crippen LogP contribution in [-0.2, 0) is 4.79 Å². The second-order valence-electron chi connectivity index (χ2n) is 4.93. The molecular formula is C12H20BrClN4O. The van der Waals surface area contributed by atoms with Crippen molar-refractivity contribution in [3.05, 3.63) is 16.9 Å². The second kappa shape index (κ2) is 7.26. The van der Waals surface area contributed by atoms with E-state index in [1.165, 1.54) is 0 Å². The Morgan fingerprint density at radius 1 is 1.58 bits per heavy atom. The Morgan fingerprint density at radius 2 is 2.21 bits per heavy atom. The van der Waals surface area contributed by atoms with Crippen molar-refractivity contribution in [3.63, 3.8) is 0 Å². The average Bonchev–Trinajstić information content (AvgIpc) is 2.75. The molecule has 1 saturated heterocycles. The molecule has 1 aliphatic heterocycles. The van der Waals surface area contributed by atoms with E-state index >= 15 is 0 Å². The highest BCUT2D eigenvalue weighted by molar-refractivity contribution is 9.10. The molecule has 1 aliphatic rings. The number of nitrogens with zero attached hydrogens (tertiary/aromatic N) is 3. The molecule has 5 nitrogen and oxygen atoms in total. The summed E-state index contributed by atoms with van der Waals surface area (Å²) in [5.74, 6) is 0.171. The lowest BCUT2D eigenvalue weighted by molar-refractivity contribution is -0.132. The van der Waals surface area contributed by atoms with Crippen LogP contribution in [0.15, 0.2) is 16.9 Å². The van der Waals surface area contributed by atoms with Gasteiger partial charge in [-0.05, 0) is 35.7 Å². The first-order valence-corrected chi connectivity index (χ1v) is 7.08. The summed E-state index contributed by atoms with van der Waals surface area (Å²) in [5, 5.41) is 4.30. The fraction of sp³-hybridized carbons (Fsp3) is 0.667. The van der Waals surface area contributed by atoms with Gasteiger partial charge in [-0.3, -0.25) is 9.48 Å². The molecule has 19 heavy (non-hydrogen) atoms. The van der Waals surface area contributed by atoms with Crippen molar-refractivity contribution in [1.82, 2.24) is 14.7 Å². The van der Waals surface area contributed by atoms with E-state index in [-0.39, 0.29) is 24.4 Å². The van der Waals surface area contributed by atoms with E-state index in [1.54, 1.807) is 6.20 Å². The van der Waals surface area contributed by atoms with Crippen LogP contribution in [0, 0.1) is 0 Å². The quantitative estimate of drug-likeness (QED) is 0.905. The maximum atomic E-state index is 11.9. The highest BCUT2D eigenvalue weighted by Crippen LogP contribution is 2.23. The first kappa shape index (κ1) is 16.5. The van der Waals surface area contributed by atoms with E-state index < -0.39 is 0 Å². The average molecular weight is 352 g/mol. The van der Waals surface area contributed by atoms with Gasteiger partial charge >= 0.3 is 0 Å². The topological polar surface area (TPSA) is 64.2 Å². The summed E-state index contributed by atoms with van der Waals surface area (Å²) < 4.78 is 2.98. The van der Waals surface area contributed by atoms with Gasteiger partial charge < -0.3 is 10.6 Å². The predicted octanol–water partition coefficient (Wildman–Crippen LogP) is 1.97. The van der Waals surface area contributed by atoms with E-state index in [0.29, 0.717) is 12.5 Å². The van der Waals surface area contributed by atoms with Crippen LogP contribution in [0.3, 0.4) is 0 Å². The largest absolute Gasteiger partial charge is 0.342 e. The number of hydrogen-bond acceptors (Lipinski definition) is 3. The molecule has 1 aromatic heterocycles. The SMILES string of the molecule is CC(N)CC(=O)N1CCC(n2cc(Br)cn2)CC1.Cl. The fourth-order valence-electron chi connectivity index (χ4n) is 2.30. The van der Waals surface area contributed by atoms with E-state index in [9.17, 15) is 4.79 Å². The predicted molar refractivity (Wildman–Crippen MR) is 80.3 cm³/mol. The lowest BCUT2D eigenvalue weighted by Gasteiger charge is -2.32. The van der Waals surface area contributed by atoms with Crippen LogP contribution in [0.25, 0.3) is 0 Å². The number of amides is 1. The number of piperidine rings is 1. The van der Waals surface area contributed by atoms with Gasteiger partial charge in [0, 0.05) is 31.7 Å². The summed E-state index contributed by atoms with van der Waals surface area (Å²) in [7, 11) is 0. The summed E-state index contributed by atoms with van der Waals surface area (Å²) in [6.07, 6.45) is 6.15. The number of rotatable bonds is 3. The van der Waals surface area contributed by atoms with Crippen molar-refractivity contribution in [1.29, 1.82) is 0 Å². The Hall–Kier alpha value is -0.590. The Morgan fingerprint density at radius 3 is 2.68 bits per heavy atom. The molecule has 0 radical (unpaired) electrons. The second-order valence-corrected chi connectivity index (χ2v) is 5.85. The molecule has 1 aromatic rings. The number of halogens is 2. The van der Waals surface area contributed by atoms with Crippen molar-refractivity contribution in [2.75, 3.05) is 13.1 Å². The number of nitrogens with two attached hydrogens (primary N) is 1. The lowest BCUT2D eigenvalue weighted by Crippen LogP contribution is -2.41. The minimum Gasteiger partial charge on any atom is -0.342 e. The number of likely N-dealkylation sites (tertiary alicyclic amines) is 1. The van der Waals surface area contributed by atoms with Gasteiger partial charge in [-0.1, -0.05) is 0 Å². The van der Waals surface area contributed by atoms with Crippen LogP contribution in [-0.4, -0.2) is 39.7 Å². The van der Waals surface area contributed by atoms with E-state index in [1.807, 2.05) is 22.7 Å². The van der Waals surface area contributed by atoms with Crippen LogP contribution in [0.1, 0.15) is 32.2 Å². The zero-order valence-electron chi connectivity index (χ0n) is 11.0. The molecule has 0 bridgehead atoms. The first-order valence-electron chi connectivity index (χ1n) is 6.29. The molecule has 0 saturated carbocycles. The van der Waals surface area contributed by atoms with E-state index in [2.05, 4.69) is 21.0 Å². The summed E-state index contributed by atoms with van der Waals surface area (Å²) in [5.41, 5.74) is 5.65. The molecule has 0 aromatic carbocycles. The minimum atomic E-state index is -0.0581. The van der Waals surface area contributed by atoms with Gasteiger partial charge in [-0.15, -0.1) is 12.4 Å². The summed E-state index contributed by atoms with van der Waals surface area (Å²) in [6, 6.07) is 0.341. The molecule has 0 aliphatic carbocycles. The minimum absolute atomic E-state index is 0. The summed E-state index contributed by atoms with van der Waals surface area (Å²) in [6.45, 7) is 3.47. The number of hydrogen-bond donors (Lipinski definition) is 1. The maximum Gasteiger partial charge on any atom is 0.224 e. The standard InChI is InChI=1S/C12H19BrN4O.ClH/c1-9(14)6-12(18)16-4-2-11(3-5-16)17-8-10(13)7-15-17;/h7-9,11H,2-6,14H2,1H3;1H. The smallest absolute Gasteiger partial charge is 0.224 e. The van der Waals surface area contributed by atoms with Crippen LogP contribution in [0.5, 0.6) is 0 Å². The molecule has 1 unspecified atom stereocenters. The Kier molecular flexibility index (Phi) is 6.29. The molecule has 2 rings (SSSR count). The lowest BCUT2D eigenvalue weighted by atomic mass is 10.0. The molecule has 108 valence electrons. The van der Waals surface area contributed by atoms with Crippen LogP contribution in [0.4, 0.5) is 0 Å². The number of carbonyl (C=O) groups is 1. The van der Waals surface area contributed by atoms with E-state index in [4.69, 9.17) is 5.73 Å². The van der Waals surface area contributed by atoms with Gasteiger partial charge in [0.2, 0.25) is 5.91 Å². The Balaban J connectivity index is 0.00000180. The van der Waals surface area contributed by atoms with Gasteiger partial charge in [0.05, 0.1) is 16.7 Å². The van der Waals surface area contributed by atoms with Crippen molar-refractivity contribution >= 4 is 34.2 Å². The summed E-state index contributed by atoms with van der Waals surface area (Å²) >= 11 is 3.40. The Bertz CT molecular complexity index is 416. The zero-order valence-corrected chi connectivity index (χ0v) is 13.4. The van der Waals surface area contributed by atoms with Gasteiger partial charge in [-0.2, -0.15) is 5.10 Å². The number of aromatic nitrogens is 2. The van der Waals surface area contributed by atoms with Gasteiger partial charge in [0.1, 0.15) is 0 Å². The normalized spacial score (nSPS) is 17.9. The number of carbonyl (C=O) groups excluding carboxylic acids is 1. The third-order valence-electron chi connectivity index (χ3n) is 3.26. The molecule has 2 N–H and O–H groups in total. The maximum absolute atomic E-state index is 11.9. The molecular weight excluding hydrogens is 332 g/mol. The third-order valence-corrected chi connectivity index (χ3v) is 3.67. The van der Waals surface area contributed by atoms with Gasteiger partial charge in [0.25, 0.3) is 0 Å². The van der Waals surface area contributed by atoms with Crippen LogP contribution < -0.4 is 5.73 Å². The Labute approximate surface area is 128 Å². The van der Waals surface area contributed by atoms with Gasteiger partial charge in [0.15, 0.2) is 0 Å². The zero-order chi connectivity index (χ0) is 13.1. The molecule has 7 heteroatoms. The monoisotopic (exact) mass is 350 g/mol. The summed E-state index contributed by atoms with van der Waals surface area (Å²) in [4.78, 5) is 13.8. The third kappa shape index (κ3) is 4.47. The van der Waals surface area contributed by atoms with Crippen molar-refractivity contribution < 1.29 is 4.79 Å². The molecule has 1 amide bonds. The fourth-order valence-corrected chi connectivity index (χ4v) is 2.60.